The van der Waals surface area contributed by atoms with E-state index in [0.717, 1.165) is 0 Å². The first-order chi connectivity index (χ1) is 11.4. The first-order valence-electron chi connectivity index (χ1n) is 8.02. The fourth-order valence-electron chi connectivity index (χ4n) is 3.05. The van der Waals surface area contributed by atoms with Crippen molar-refractivity contribution in [2.75, 3.05) is 18.8 Å². The summed E-state index contributed by atoms with van der Waals surface area (Å²) >= 11 is 0. The highest BCUT2D eigenvalue weighted by Crippen LogP contribution is 2.22. The molecule has 1 unspecified atom stereocenters. The Hall–Kier alpha value is -1.89. The molecule has 0 aromatic heterocycles. The Morgan fingerprint density at radius 2 is 1.88 bits per heavy atom. The summed E-state index contributed by atoms with van der Waals surface area (Å²) in [4.78, 5) is 14.0. The van der Waals surface area contributed by atoms with Gasteiger partial charge in [-0.25, -0.2) is 12.8 Å². The van der Waals surface area contributed by atoms with Crippen molar-refractivity contribution in [1.82, 2.24) is 4.90 Å². The third-order valence-corrected chi connectivity index (χ3v) is 5.82. The average molecular weight is 353 g/mol. The fraction of sp³-hybridized carbons (Fsp3) is 0.471. The zero-order chi connectivity index (χ0) is 17.2. The van der Waals surface area contributed by atoms with Crippen molar-refractivity contribution in [1.29, 1.82) is 0 Å². The molecule has 1 aromatic carbocycles. The number of hydrogen-bond acceptors (Lipinski definition) is 4. The van der Waals surface area contributed by atoms with Gasteiger partial charge in [0.2, 0.25) is 5.91 Å². The molecule has 7 heteroatoms. The number of rotatable bonds is 4. The second-order valence-electron chi connectivity index (χ2n) is 6.27. The minimum absolute atomic E-state index is 0.00580. The van der Waals surface area contributed by atoms with Crippen molar-refractivity contribution >= 4 is 15.7 Å². The summed E-state index contributed by atoms with van der Waals surface area (Å²) in [5.74, 6) is 0.133. The van der Waals surface area contributed by atoms with E-state index in [9.17, 15) is 17.6 Å². The summed E-state index contributed by atoms with van der Waals surface area (Å²) < 4.78 is 41.5. The first-order valence-corrected chi connectivity index (χ1v) is 9.74. The van der Waals surface area contributed by atoms with Gasteiger partial charge in [0.1, 0.15) is 17.7 Å². The Balaban J connectivity index is 1.45. The SMILES string of the molecule is O=C(CC1C=CS(=O)(=O)C1)N1CCC(Oc2ccc(F)cc2)CC1. The predicted octanol–water partition coefficient (Wildman–Crippen LogP) is 2.14. The van der Waals surface area contributed by atoms with Crippen LogP contribution in [0.15, 0.2) is 35.7 Å². The zero-order valence-electron chi connectivity index (χ0n) is 13.2. The van der Waals surface area contributed by atoms with E-state index in [4.69, 9.17) is 4.74 Å². The summed E-state index contributed by atoms with van der Waals surface area (Å²) in [7, 11) is -3.12. The molecule has 0 saturated carbocycles. The van der Waals surface area contributed by atoms with Crippen molar-refractivity contribution in [3.63, 3.8) is 0 Å². The van der Waals surface area contributed by atoms with Crippen LogP contribution in [0.4, 0.5) is 4.39 Å². The topological polar surface area (TPSA) is 63.7 Å². The molecule has 24 heavy (non-hydrogen) atoms. The lowest BCUT2D eigenvalue weighted by Crippen LogP contribution is -2.42. The normalized spacial score (nSPS) is 23.4. The van der Waals surface area contributed by atoms with E-state index in [1.807, 2.05) is 0 Å². The maximum Gasteiger partial charge on any atom is 0.223 e. The van der Waals surface area contributed by atoms with Crippen LogP contribution in [0.1, 0.15) is 19.3 Å². The Morgan fingerprint density at radius 1 is 1.21 bits per heavy atom. The van der Waals surface area contributed by atoms with Crippen molar-refractivity contribution in [2.45, 2.75) is 25.4 Å². The smallest absolute Gasteiger partial charge is 0.223 e. The molecule has 2 aliphatic rings. The highest BCUT2D eigenvalue weighted by Gasteiger charge is 2.28. The molecule has 1 aromatic rings. The van der Waals surface area contributed by atoms with E-state index in [-0.39, 0.29) is 35.9 Å². The molecular formula is C17H20FNO4S. The molecule has 130 valence electrons. The molecule has 3 rings (SSSR count). The number of piperidine rings is 1. The van der Waals surface area contributed by atoms with Crippen LogP contribution in [0.3, 0.4) is 0 Å². The van der Waals surface area contributed by atoms with Gasteiger partial charge in [-0.3, -0.25) is 4.79 Å². The van der Waals surface area contributed by atoms with E-state index in [0.29, 0.717) is 31.7 Å². The van der Waals surface area contributed by atoms with Crippen LogP contribution in [-0.4, -0.2) is 44.2 Å². The van der Waals surface area contributed by atoms with Gasteiger partial charge in [-0.15, -0.1) is 0 Å². The number of ether oxygens (including phenoxy) is 1. The number of carbonyl (C=O) groups excluding carboxylic acids is 1. The third kappa shape index (κ3) is 4.35. The van der Waals surface area contributed by atoms with Crippen LogP contribution in [-0.2, 0) is 14.6 Å². The number of allylic oxidation sites excluding steroid dienone is 1. The molecule has 1 amide bonds. The standard InChI is InChI=1S/C17H20FNO4S/c18-14-1-3-15(4-2-14)23-16-5-8-19(9-6-16)17(20)11-13-7-10-24(21,22)12-13/h1-4,7,10,13,16H,5-6,8-9,11-12H2. The molecule has 0 bridgehead atoms. The number of likely N-dealkylation sites (tertiary alicyclic amines) is 1. The van der Waals surface area contributed by atoms with Gasteiger partial charge in [-0.05, 0) is 24.3 Å². The second-order valence-corrected chi connectivity index (χ2v) is 8.21. The highest BCUT2D eigenvalue weighted by molar-refractivity contribution is 7.94. The number of halogens is 1. The summed E-state index contributed by atoms with van der Waals surface area (Å²) in [5.41, 5.74) is 0. The van der Waals surface area contributed by atoms with Gasteiger partial charge in [-0.1, -0.05) is 6.08 Å². The molecule has 0 aliphatic carbocycles. The lowest BCUT2D eigenvalue weighted by atomic mass is 10.0. The first kappa shape index (κ1) is 17.0. The molecular weight excluding hydrogens is 333 g/mol. The number of benzene rings is 1. The summed E-state index contributed by atoms with van der Waals surface area (Å²) in [5, 5.41) is 1.20. The van der Waals surface area contributed by atoms with Gasteiger partial charge >= 0.3 is 0 Å². The lowest BCUT2D eigenvalue weighted by molar-refractivity contribution is -0.133. The van der Waals surface area contributed by atoms with Gasteiger partial charge in [0, 0.05) is 43.7 Å². The molecule has 1 atom stereocenters. The van der Waals surface area contributed by atoms with E-state index < -0.39 is 9.84 Å². The summed E-state index contributed by atoms with van der Waals surface area (Å²) in [6.45, 7) is 1.18. The average Bonchev–Trinajstić information content (AvgIpc) is 2.89. The number of carbonyl (C=O) groups is 1. The highest BCUT2D eigenvalue weighted by atomic mass is 32.2. The van der Waals surface area contributed by atoms with Crippen LogP contribution in [0.25, 0.3) is 0 Å². The van der Waals surface area contributed by atoms with Gasteiger partial charge in [0.05, 0.1) is 5.75 Å². The number of nitrogens with zero attached hydrogens (tertiary/aromatic N) is 1. The van der Waals surface area contributed by atoms with Crippen molar-refractivity contribution in [3.8, 4) is 5.75 Å². The molecule has 1 fully saturated rings. The predicted molar refractivity (Wildman–Crippen MR) is 87.7 cm³/mol. The Kier molecular flexibility index (Phi) is 4.89. The number of sulfone groups is 1. The van der Waals surface area contributed by atoms with Gasteiger partial charge in [-0.2, -0.15) is 0 Å². The van der Waals surface area contributed by atoms with Gasteiger partial charge in [0.15, 0.2) is 9.84 Å². The van der Waals surface area contributed by atoms with Gasteiger partial charge < -0.3 is 9.64 Å². The molecule has 0 spiro atoms. The maximum absolute atomic E-state index is 12.9. The second kappa shape index (κ2) is 6.93. The Morgan fingerprint density at radius 3 is 2.46 bits per heavy atom. The minimum Gasteiger partial charge on any atom is -0.490 e. The van der Waals surface area contributed by atoms with Crippen LogP contribution < -0.4 is 4.74 Å². The van der Waals surface area contributed by atoms with E-state index in [2.05, 4.69) is 0 Å². The molecule has 0 radical (unpaired) electrons. The maximum atomic E-state index is 12.9. The fourth-order valence-corrected chi connectivity index (χ4v) is 4.45. The van der Waals surface area contributed by atoms with E-state index >= 15 is 0 Å². The monoisotopic (exact) mass is 353 g/mol. The summed E-state index contributed by atoms with van der Waals surface area (Å²) in [6, 6.07) is 5.91. The molecule has 2 heterocycles. The largest absolute Gasteiger partial charge is 0.490 e. The zero-order valence-corrected chi connectivity index (χ0v) is 14.0. The van der Waals surface area contributed by atoms with Crippen LogP contribution in [0.5, 0.6) is 5.75 Å². The number of hydrogen-bond donors (Lipinski definition) is 0. The van der Waals surface area contributed by atoms with E-state index in [1.54, 1.807) is 23.1 Å². The Labute approximate surface area is 141 Å². The Bertz CT molecular complexity index is 721. The van der Waals surface area contributed by atoms with Crippen LogP contribution >= 0.6 is 0 Å². The molecule has 5 nitrogen and oxygen atoms in total. The lowest BCUT2D eigenvalue weighted by Gasteiger charge is -2.32. The van der Waals surface area contributed by atoms with Crippen molar-refractivity contribution < 1.29 is 22.3 Å². The quantitative estimate of drug-likeness (QED) is 0.832. The molecule has 2 aliphatic heterocycles. The van der Waals surface area contributed by atoms with Crippen molar-refractivity contribution in [3.05, 3.63) is 41.6 Å². The van der Waals surface area contributed by atoms with Crippen LogP contribution in [0, 0.1) is 11.7 Å². The minimum atomic E-state index is -3.12. The van der Waals surface area contributed by atoms with Crippen LogP contribution in [0.2, 0.25) is 0 Å². The number of amides is 1. The van der Waals surface area contributed by atoms with Crippen molar-refractivity contribution in [2.24, 2.45) is 5.92 Å². The molecule has 1 saturated heterocycles. The van der Waals surface area contributed by atoms with E-state index in [1.165, 1.54) is 17.5 Å². The third-order valence-electron chi connectivity index (χ3n) is 4.35. The summed E-state index contributed by atoms with van der Waals surface area (Å²) in [6.07, 6.45) is 3.27. The van der Waals surface area contributed by atoms with Gasteiger partial charge in [0.25, 0.3) is 0 Å². The molecule has 0 N–H and O–H groups in total.